The number of fused-ring (bicyclic) bond motifs is 1. The summed E-state index contributed by atoms with van der Waals surface area (Å²) in [5, 5.41) is 6.33. The number of benzene rings is 2. The lowest BCUT2D eigenvalue weighted by molar-refractivity contribution is -0.274. The highest BCUT2D eigenvalue weighted by atomic mass is 35.5. The highest BCUT2D eigenvalue weighted by Crippen LogP contribution is 2.48. The van der Waals surface area contributed by atoms with E-state index in [-0.39, 0.29) is 39.5 Å². The summed E-state index contributed by atoms with van der Waals surface area (Å²) >= 11 is 12.5. The predicted octanol–water partition coefficient (Wildman–Crippen LogP) is 5.29. The molecule has 3 heterocycles. The minimum Gasteiger partial charge on any atom is -0.406 e. The third-order valence-corrected chi connectivity index (χ3v) is 9.71. The van der Waals surface area contributed by atoms with Gasteiger partial charge in [-0.15, -0.1) is 13.2 Å². The zero-order valence-corrected chi connectivity index (χ0v) is 28.2. The number of nitrogens with zero attached hydrogens (tertiary/aromatic N) is 4. The molecule has 0 saturated heterocycles. The Morgan fingerprint density at radius 1 is 0.980 bits per heavy atom. The SMILES string of the molecule is C[C@@]1(Cc2ccc(OC(F)(F)F)cc2)C(=O)N(c2cc(Cl)cc(Cl)c2)c2ncc(C(=O)NC3(C(=O)NC4(c5cccc(C(N)=O)n5)CC4)CC3)n21. The number of amides is 4. The number of anilines is 2. The first kappa shape index (κ1) is 34.3. The Morgan fingerprint density at radius 3 is 2.24 bits per heavy atom. The lowest BCUT2D eigenvalue weighted by Crippen LogP contribution is -2.52. The molecule has 0 bridgehead atoms. The number of pyridine rings is 1. The van der Waals surface area contributed by atoms with E-state index in [0.717, 1.165) is 12.1 Å². The molecule has 2 saturated carbocycles. The summed E-state index contributed by atoms with van der Waals surface area (Å²) in [5.74, 6) is -2.71. The summed E-state index contributed by atoms with van der Waals surface area (Å²) < 4.78 is 43.8. The van der Waals surface area contributed by atoms with Gasteiger partial charge < -0.3 is 21.1 Å². The zero-order valence-electron chi connectivity index (χ0n) is 26.7. The van der Waals surface area contributed by atoms with Crippen molar-refractivity contribution in [1.29, 1.82) is 0 Å². The molecule has 2 aliphatic carbocycles. The minimum absolute atomic E-state index is 0.0375. The first-order valence-electron chi connectivity index (χ1n) is 15.7. The fourth-order valence-electron chi connectivity index (χ4n) is 6.40. The van der Waals surface area contributed by atoms with E-state index in [9.17, 15) is 32.3 Å². The Bertz CT molecular complexity index is 2100. The Kier molecular flexibility index (Phi) is 8.06. The number of nitrogens with one attached hydrogen (secondary N) is 2. The molecule has 2 aromatic heterocycles. The number of hydrogen-bond acceptors (Lipinski definition) is 7. The van der Waals surface area contributed by atoms with E-state index >= 15 is 0 Å². The van der Waals surface area contributed by atoms with Crippen LogP contribution in [0.15, 0.2) is 66.9 Å². The van der Waals surface area contributed by atoms with Gasteiger partial charge >= 0.3 is 6.36 Å². The van der Waals surface area contributed by atoms with Gasteiger partial charge in [-0.3, -0.25) is 23.7 Å². The number of carbonyl (C=O) groups excluding carboxylic acids is 4. The predicted molar refractivity (Wildman–Crippen MR) is 178 cm³/mol. The van der Waals surface area contributed by atoms with E-state index in [1.165, 1.54) is 52.1 Å². The van der Waals surface area contributed by atoms with Crippen molar-refractivity contribution in [3.05, 3.63) is 99.6 Å². The fraction of sp³-hybridized carbons (Fsp3) is 0.294. The van der Waals surface area contributed by atoms with Crippen LogP contribution in [0.3, 0.4) is 0 Å². The van der Waals surface area contributed by atoms with Crippen LogP contribution in [0.25, 0.3) is 0 Å². The van der Waals surface area contributed by atoms with Crippen molar-refractivity contribution >= 4 is 58.5 Å². The van der Waals surface area contributed by atoms with Crippen molar-refractivity contribution in [1.82, 2.24) is 25.2 Å². The number of halogens is 5. The molecule has 264 valence electrons. The monoisotopic (exact) mass is 741 g/mol. The van der Waals surface area contributed by atoms with Crippen LogP contribution >= 0.6 is 23.2 Å². The number of primary amides is 1. The molecule has 2 fully saturated rings. The minimum atomic E-state index is -4.89. The van der Waals surface area contributed by atoms with Crippen LogP contribution in [-0.4, -0.2) is 50.1 Å². The molecular weight excluding hydrogens is 714 g/mol. The zero-order chi connectivity index (χ0) is 36.5. The Labute approximate surface area is 298 Å². The summed E-state index contributed by atoms with van der Waals surface area (Å²) in [4.78, 5) is 63.8. The van der Waals surface area contributed by atoms with Crippen molar-refractivity contribution in [2.45, 2.75) is 62.0 Å². The van der Waals surface area contributed by atoms with Gasteiger partial charge in [0.25, 0.3) is 17.7 Å². The summed E-state index contributed by atoms with van der Waals surface area (Å²) in [5.41, 5.74) is 3.03. The number of alkyl halides is 3. The maximum Gasteiger partial charge on any atom is 0.573 e. The normalized spacial score (nSPS) is 19.6. The largest absolute Gasteiger partial charge is 0.573 e. The molecule has 0 unspecified atom stereocenters. The number of imidazole rings is 1. The molecule has 51 heavy (non-hydrogen) atoms. The number of nitrogens with two attached hydrogens (primary N) is 1. The van der Waals surface area contributed by atoms with Crippen LogP contribution in [0.1, 0.15) is 64.8 Å². The van der Waals surface area contributed by atoms with Crippen LogP contribution in [0.2, 0.25) is 10.0 Å². The molecule has 1 aliphatic heterocycles. The van der Waals surface area contributed by atoms with E-state index in [1.54, 1.807) is 19.1 Å². The third-order valence-electron chi connectivity index (χ3n) is 9.28. The van der Waals surface area contributed by atoms with Crippen LogP contribution in [0.4, 0.5) is 24.8 Å². The van der Waals surface area contributed by atoms with Crippen LogP contribution in [0, 0.1) is 0 Å². The van der Waals surface area contributed by atoms with E-state index in [0.29, 0.717) is 36.9 Å². The van der Waals surface area contributed by atoms with Crippen molar-refractivity contribution in [3.8, 4) is 5.75 Å². The second kappa shape index (κ2) is 12.0. The highest BCUT2D eigenvalue weighted by Gasteiger charge is 2.57. The van der Waals surface area contributed by atoms with Crippen LogP contribution in [-0.2, 0) is 27.1 Å². The van der Waals surface area contributed by atoms with Gasteiger partial charge in [-0.05, 0) is 80.6 Å². The highest BCUT2D eigenvalue weighted by molar-refractivity contribution is 6.35. The molecule has 0 spiro atoms. The van der Waals surface area contributed by atoms with Gasteiger partial charge in [0.05, 0.1) is 23.1 Å². The fourth-order valence-corrected chi connectivity index (χ4v) is 6.91. The van der Waals surface area contributed by atoms with Gasteiger partial charge in [-0.1, -0.05) is 41.4 Å². The standard InChI is InChI=1S/C34H28Cl2F3N7O5/c1-31(16-18-5-7-22(8-6-18)51-34(37,38)39)29(50)45(21-14-19(35)13-20(36)15-21)30-41-17-24(46(30)31)27(48)43-33(11-12-33)28(49)44-32(9-10-32)25-4-2-3-23(42-25)26(40)47/h2-8,13-15,17H,9-12,16H2,1H3,(H2,40,47)(H,43,48)(H,44,49)/t31-/m1/s1. The van der Waals surface area contributed by atoms with Crippen molar-refractivity contribution in [3.63, 3.8) is 0 Å². The molecular formula is C34H28Cl2F3N7O5. The lowest BCUT2D eigenvalue weighted by Gasteiger charge is -2.27. The average molecular weight is 743 g/mol. The molecule has 2 aromatic carbocycles. The number of hydrogen-bond donors (Lipinski definition) is 3. The maximum atomic E-state index is 14.3. The lowest BCUT2D eigenvalue weighted by atomic mass is 9.91. The van der Waals surface area contributed by atoms with Gasteiger partial charge in [0, 0.05) is 16.5 Å². The molecule has 4 amide bonds. The quantitative estimate of drug-likeness (QED) is 0.199. The van der Waals surface area contributed by atoms with Gasteiger partial charge in [0.1, 0.15) is 28.2 Å². The average Bonchev–Trinajstić information content (AvgIpc) is 3.96. The molecule has 7 rings (SSSR count). The molecule has 0 radical (unpaired) electrons. The molecule has 4 aromatic rings. The second-order valence-corrected chi connectivity index (χ2v) is 13.9. The van der Waals surface area contributed by atoms with E-state index < -0.39 is 52.4 Å². The van der Waals surface area contributed by atoms with E-state index in [2.05, 4.69) is 25.3 Å². The maximum absolute atomic E-state index is 14.3. The Hall–Kier alpha value is -5.15. The Balaban J connectivity index is 1.19. The number of rotatable bonds is 10. The van der Waals surface area contributed by atoms with Gasteiger partial charge in [-0.25, -0.2) is 14.9 Å². The Morgan fingerprint density at radius 2 is 1.65 bits per heavy atom. The number of carbonyl (C=O) groups is 4. The molecule has 3 aliphatic rings. The summed E-state index contributed by atoms with van der Waals surface area (Å²) in [6.07, 6.45) is -1.85. The summed E-state index contributed by atoms with van der Waals surface area (Å²) in [6.45, 7) is 1.58. The first-order chi connectivity index (χ1) is 24.0. The number of ether oxygens (including phenoxy) is 1. The van der Waals surface area contributed by atoms with Crippen LogP contribution in [0.5, 0.6) is 5.75 Å². The van der Waals surface area contributed by atoms with Crippen molar-refractivity contribution in [2.24, 2.45) is 5.73 Å². The molecule has 1 atom stereocenters. The van der Waals surface area contributed by atoms with Crippen molar-refractivity contribution < 1.29 is 37.1 Å². The van der Waals surface area contributed by atoms with E-state index in [1.807, 2.05) is 0 Å². The second-order valence-electron chi connectivity index (χ2n) is 13.0. The van der Waals surface area contributed by atoms with Gasteiger partial charge in [0.2, 0.25) is 11.9 Å². The molecule has 12 nitrogen and oxygen atoms in total. The smallest absolute Gasteiger partial charge is 0.406 e. The molecule has 17 heteroatoms. The van der Waals surface area contributed by atoms with Gasteiger partial charge in [-0.2, -0.15) is 0 Å². The topological polar surface area (TPSA) is 162 Å². The third kappa shape index (κ3) is 6.35. The molecule has 4 N–H and O–H groups in total. The first-order valence-corrected chi connectivity index (χ1v) is 16.4. The summed E-state index contributed by atoms with van der Waals surface area (Å²) in [6, 6.07) is 14.3. The van der Waals surface area contributed by atoms with E-state index in [4.69, 9.17) is 28.9 Å². The van der Waals surface area contributed by atoms with Gasteiger partial charge in [0.15, 0.2) is 0 Å². The van der Waals surface area contributed by atoms with Crippen molar-refractivity contribution in [2.75, 3.05) is 4.90 Å². The summed E-state index contributed by atoms with van der Waals surface area (Å²) in [7, 11) is 0. The van der Waals surface area contributed by atoms with Crippen LogP contribution < -0.4 is 26.0 Å². The number of aromatic nitrogens is 3.